The van der Waals surface area contributed by atoms with Gasteiger partial charge in [0.2, 0.25) is 5.91 Å². The zero-order chi connectivity index (χ0) is 26.2. The third kappa shape index (κ3) is 4.31. The van der Waals surface area contributed by atoms with E-state index >= 15 is 0 Å². The first-order chi connectivity index (χ1) is 18.5. The lowest BCUT2D eigenvalue weighted by atomic mass is 10.1. The van der Waals surface area contributed by atoms with Crippen LogP contribution in [-0.2, 0) is 4.79 Å². The maximum atomic E-state index is 13.4. The summed E-state index contributed by atoms with van der Waals surface area (Å²) in [5.74, 6) is -0.342. The summed E-state index contributed by atoms with van der Waals surface area (Å²) in [6, 6.07) is 16.0. The molecule has 190 valence electrons. The van der Waals surface area contributed by atoms with E-state index < -0.39 is 0 Å². The zero-order valence-electron chi connectivity index (χ0n) is 20.6. The smallest absolute Gasteiger partial charge is 0.263 e. The molecule has 1 aromatic carbocycles. The van der Waals surface area contributed by atoms with E-state index in [2.05, 4.69) is 38.7 Å². The van der Waals surface area contributed by atoms with Crippen molar-refractivity contribution in [3.8, 4) is 16.9 Å². The van der Waals surface area contributed by atoms with Gasteiger partial charge in [0.05, 0.1) is 27.8 Å². The molecule has 0 saturated heterocycles. The fourth-order valence-corrected chi connectivity index (χ4v) is 6.22. The van der Waals surface area contributed by atoms with Gasteiger partial charge in [0.15, 0.2) is 0 Å². The van der Waals surface area contributed by atoms with Gasteiger partial charge in [-0.25, -0.2) is 4.98 Å². The van der Waals surface area contributed by atoms with E-state index in [4.69, 9.17) is 0 Å². The molecule has 1 fully saturated rings. The number of thiophene rings is 1. The van der Waals surface area contributed by atoms with Crippen LogP contribution in [0.4, 0.5) is 0 Å². The zero-order valence-corrected chi connectivity index (χ0v) is 21.4. The number of pyridine rings is 2. The van der Waals surface area contributed by atoms with Crippen LogP contribution >= 0.6 is 11.3 Å². The number of amides is 2. The molecule has 6 rings (SSSR count). The van der Waals surface area contributed by atoms with Crippen LogP contribution in [0.3, 0.4) is 0 Å². The van der Waals surface area contributed by atoms with Crippen LogP contribution < -0.4 is 16.1 Å². The summed E-state index contributed by atoms with van der Waals surface area (Å²) in [5, 5.41) is 6.96. The predicted octanol–water partition coefficient (Wildman–Crippen LogP) is 4.27. The molecule has 8 nitrogen and oxygen atoms in total. The molecule has 5 aromatic rings. The van der Waals surface area contributed by atoms with Crippen LogP contribution in [-0.4, -0.2) is 43.4 Å². The molecule has 4 aromatic heterocycles. The number of carbonyl (C=O) groups excluding carboxylic acids is 2. The lowest BCUT2D eigenvalue weighted by Gasteiger charge is -2.15. The van der Waals surface area contributed by atoms with Gasteiger partial charge in [-0.3, -0.25) is 19.1 Å². The van der Waals surface area contributed by atoms with Crippen LogP contribution in [0.2, 0.25) is 0 Å². The van der Waals surface area contributed by atoms with Gasteiger partial charge in [-0.2, -0.15) is 0 Å². The average Bonchev–Trinajstić information content (AvgIpc) is 3.54. The SMILES string of the molecule is C=CC(=O)NC1CC[C@H](NC(=O)c2sc3nccc4c3c2[nH]c(=C)n4-c2ccnc(-c3ccccc3)c2)C1. The Morgan fingerprint density at radius 3 is 2.61 bits per heavy atom. The summed E-state index contributed by atoms with van der Waals surface area (Å²) in [4.78, 5) is 38.9. The molecule has 1 unspecified atom stereocenters. The molecule has 2 amide bonds. The maximum Gasteiger partial charge on any atom is 0.263 e. The Hall–Kier alpha value is -4.50. The number of carbonyl (C=O) groups is 2. The minimum atomic E-state index is -0.188. The number of aromatic nitrogens is 4. The maximum absolute atomic E-state index is 13.4. The van der Waals surface area contributed by atoms with E-state index in [0.29, 0.717) is 16.8 Å². The Bertz CT molecular complexity index is 1750. The van der Waals surface area contributed by atoms with Crippen molar-refractivity contribution in [3.05, 3.63) is 83.9 Å². The second kappa shape index (κ2) is 9.75. The summed E-state index contributed by atoms with van der Waals surface area (Å²) in [6.07, 6.45) is 7.13. The lowest BCUT2D eigenvalue weighted by Crippen LogP contribution is -2.36. The van der Waals surface area contributed by atoms with Crippen molar-refractivity contribution in [3.63, 3.8) is 0 Å². The van der Waals surface area contributed by atoms with Gasteiger partial charge in [0.1, 0.15) is 15.2 Å². The summed E-state index contributed by atoms with van der Waals surface area (Å²) in [5.41, 5.74) is 5.05. The lowest BCUT2D eigenvalue weighted by molar-refractivity contribution is -0.117. The predicted molar refractivity (Wildman–Crippen MR) is 151 cm³/mol. The summed E-state index contributed by atoms with van der Waals surface area (Å²) in [6.45, 7) is 7.79. The van der Waals surface area contributed by atoms with Gasteiger partial charge in [-0.1, -0.05) is 43.5 Å². The molecular formula is C29H26N6O2S. The summed E-state index contributed by atoms with van der Waals surface area (Å²) < 4.78 is 2.03. The molecule has 0 aliphatic heterocycles. The van der Waals surface area contributed by atoms with E-state index in [1.54, 1.807) is 12.4 Å². The summed E-state index contributed by atoms with van der Waals surface area (Å²) in [7, 11) is 0. The van der Waals surface area contributed by atoms with Crippen LogP contribution in [0.5, 0.6) is 0 Å². The van der Waals surface area contributed by atoms with Gasteiger partial charge < -0.3 is 15.6 Å². The first-order valence-corrected chi connectivity index (χ1v) is 13.3. The van der Waals surface area contributed by atoms with Gasteiger partial charge in [-0.15, -0.1) is 11.3 Å². The molecule has 1 aliphatic rings. The second-order valence-corrected chi connectivity index (χ2v) is 10.4. The fourth-order valence-electron chi connectivity index (χ4n) is 5.19. The average molecular weight is 523 g/mol. The first-order valence-electron chi connectivity index (χ1n) is 12.4. The minimum Gasteiger partial charge on any atom is -0.350 e. The number of aromatic amines is 1. The monoisotopic (exact) mass is 522 g/mol. The molecule has 0 spiro atoms. The van der Waals surface area contributed by atoms with Crippen LogP contribution in [0.15, 0.2) is 73.6 Å². The largest absolute Gasteiger partial charge is 0.350 e. The van der Waals surface area contributed by atoms with Crippen molar-refractivity contribution < 1.29 is 9.59 Å². The first kappa shape index (κ1) is 23.9. The number of rotatable bonds is 6. The van der Waals surface area contributed by atoms with E-state index in [0.717, 1.165) is 51.0 Å². The van der Waals surface area contributed by atoms with Gasteiger partial charge in [0, 0.05) is 30.0 Å². The molecule has 1 saturated carbocycles. The normalized spacial score (nSPS) is 17.1. The number of nitrogens with zero attached hydrogens (tertiary/aromatic N) is 3. The Morgan fingerprint density at radius 1 is 1.05 bits per heavy atom. The van der Waals surface area contributed by atoms with Crippen LogP contribution in [0.1, 0.15) is 28.9 Å². The Labute approximate surface area is 222 Å². The molecule has 9 heteroatoms. The van der Waals surface area contributed by atoms with Crippen molar-refractivity contribution in [2.45, 2.75) is 31.3 Å². The Balaban J connectivity index is 1.36. The number of benzene rings is 1. The Kier molecular flexibility index (Phi) is 6.13. The molecule has 4 heterocycles. The minimum absolute atomic E-state index is 0.0148. The molecule has 38 heavy (non-hydrogen) atoms. The van der Waals surface area contributed by atoms with Crippen molar-refractivity contribution in [2.75, 3.05) is 0 Å². The highest BCUT2D eigenvalue weighted by molar-refractivity contribution is 7.21. The second-order valence-electron chi connectivity index (χ2n) is 9.38. The van der Waals surface area contributed by atoms with Gasteiger partial charge in [0.25, 0.3) is 5.91 Å². The highest BCUT2D eigenvalue weighted by Crippen LogP contribution is 2.34. The van der Waals surface area contributed by atoms with Crippen molar-refractivity contribution >= 4 is 51.0 Å². The van der Waals surface area contributed by atoms with Gasteiger partial charge >= 0.3 is 0 Å². The summed E-state index contributed by atoms with van der Waals surface area (Å²) >= 11 is 1.36. The number of hydrogen-bond acceptors (Lipinski definition) is 5. The number of nitrogens with one attached hydrogen (secondary N) is 3. The fraction of sp³-hybridized carbons (Fsp3) is 0.172. The molecule has 3 N–H and O–H groups in total. The third-order valence-electron chi connectivity index (χ3n) is 6.93. The van der Waals surface area contributed by atoms with E-state index in [1.807, 2.05) is 53.1 Å². The van der Waals surface area contributed by atoms with Crippen molar-refractivity contribution in [1.29, 1.82) is 0 Å². The Morgan fingerprint density at radius 2 is 1.82 bits per heavy atom. The standard InChI is InChI=1S/C29H26N6O2S/c1-3-24(36)33-19-9-10-20(15-19)34-28(37)27-26-25-23(12-14-31-29(25)38-27)35(17(2)32-26)21-11-13-30-22(16-21)18-7-5-4-6-8-18/h3-8,11-14,16,19-20,32H,1-2,9-10,15H2,(H,33,36)(H,34,37)/t19?,20-/m0/s1. The van der Waals surface area contributed by atoms with E-state index in [-0.39, 0.29) is 23.9 Å². The van der Waals surface area contributed by atoms with Gasteiger partial charge in [-0.05, 0) is 43.5 Å². The molecule has 0 bridgehead atoms. The highest BCUT2D eigenvalue weighted by atomic mass is 32.1. The number of hydrogen-bond donors (Lipinski definition) is 3. The number of H-pyrrole nitrogens is 1. The quantitative estimate of drug-likeness (QED) is 0.290. The van der Waals surface area contributed by atoms with Crippen molar-refractivity contribution in [1.82, 2.24) is 30.2 Å². The molecular weight excluding hydrogens is 496 g/mol. The highest BCUT2D eigenvalue weighted by Gasteiger charge is 2.28. The molecule has 1 aliphatic carbocycles. The van der Waals surface area contributed by atoms with E-state index in [9.17, 15) is 9.59 Å². The van der Waals surface area contributed by atoms with E-state index in [1.165, 1.54) is 17.4 Å². The topological polar surface area (TPSA) is 105 Å². The molecule has 0 radical (unpaired) electrons. The third-order valence-corrected chi connectivity index (χ3v) is 8.02. The van der Waals surface area contributed by atoms with Crippen LogP contribution in [0, 0.1) is 0 Å². The van der Waals surface area contributed by atoms with Crippen molar-refractivity contribution in [2.24, 2.45) is 0 Å². The molecule has 2 atom stereocenters. The van der Waals surface area contributed by atoms with Crippen LogP contribution in [0.25, 0.3) is 44.8 Å².